The van der Waals surface area contributed by atoms with Crippen LogP contribution in [-0.2, 0) is 22.6 Å². The molecule has 0 unspecified atom stereocenters. The summed E-state index contributed by atoms with van der Waals surface area (Å²) in [6.07, 6.45) is -4.72. The summed E-state index contributed by atoms with van der Waals surface area (Å²) < 4.78 is 51.1. The highest BCUT2D eigenvalue weighted by atomic mass is 19.4. The molecule has 158 valence electrons. The number of nitrogens with two attached hydrogens (primary N) is 1. The number of ether oxygens (including phenoxy) is 3. The Balaban J connectivity index is 1.84. The first-order valence-corrected chi connectivity index (χ1v) is 9.02. The van der Waals surface area contributed by atoms with Crippen LogP contribution in [0.5, 0.6) is 5.75 Å². The second kappa shape index (κ2) is 11.3. The summed E-state index contributed by atoms with van der Waals surface area (Å²) >= 11 is 0. The highest BCUT2D eigenvalue weighted by Crippen LogP contribution is 2.23. The zero-order valence-electron chi connectivity index (χ0n) is 16.0. The molecule has 0 saturated heterocycles. The number of aliphatic imine (C=N–C) groups is 1. The third-order valence-corrected chi connectivity index (χ3v) is 3.63. The minimum absolute atomic E-state index is 0.146. The summed E-state index contributed by atoms with van der Waals surface area (Å²) in [6, 6.07) is 13.0. The highest BCUT2D eigenvalue weighted by molar-refractivity contribution is 5.92. The predicted octanol–water partition coefficient (Wildman–Crippen LogP) is 4.07. The monoisotopic (exact) mass is 411 g/mol. The van der Waals surface area contributed by atoms with Gasteiger partial charge in [0, 0.05) is 12.3 Å². The Kier molecular flexibility index (Phi) is 8.75. The van der Waals surface area contributed by atoms with Crippen molar-refractivity contribution in [2.24, 2.45) is 10.7 Å². The van der Waals surface area contributed by atoms with Gasteiger partial charge < -0.3 is 25.3 Å². The first-order chi connectivity index (χ1) is 13.9. The van der Waals surface area contributed by atoms with Crippen LogP contribution in [0.4, 0.5) is 18.9 Å². The molecule has 3 N–H and O–H groups in total. The maximum atomic E-state index is 12.2. The van der Waals surface area contributed by atoms with Crippen molar-refractivity contribution in [1.82, 2.24) is 0 Å². The van der Waals surface area contributed by atoms with Gasteiger partial charge in [-0.05, 0) is 42.3 Å². The average Bonchev–Trinajstić information content (AvgIpc) is 2.67. The van der Waals surface area contributed by atoms with Gasteiger partial charge in [0.25, 0.3) is 0 Å². The van der Waals surface area contributed by atoms with Crippen molar-refractivity contribution < 1.29 is 27.4 Å². The van der Waals surface area contributed by atoms with E-state index in [0.717, 1.165) is 11.1 Å². The van der Waals surface area contributed by atoms with Gasteiger partial charge in [0.1, 0.15) is 5.75 Å². The first-order valence-electron chi connectivity index (χ1n) is 9.02. The van der Waals surface area contributed by atoms with Crippen molar-refractivity contribution in [2.75, 3.05) is 25.1 Å². The summed E-state index contributed by atoms with van der Waals surface area (Å²) in [5.74, 6) is -0.160. The van der Waals surface area contributed by atoms with Crippen molar-refractivity contribution in [3.05, 3.63) is 59.7 Å². The Labute approximate surface area is 167 Å². The number of nitrogens with zero attached hydrogens (tertiary/aromatic N) is 1. The summed E-state index contributed by atoms with van der Waals surface area (Å²) in [4.78, 5) is 4.24. The van der Waals surface area contributed by atoms with Crippen LogP contribution in [0.25, 0.3) is 0 Å². The van der Waals surface area contributed by atoms with E-state index in [1.54, 1.807) is 0 Å². The molecule has 0 saturated carbocycles. The minimum Gasteiger partial charge on any atom is -0.406 e. The predicted molar refractivity (Wildman–Crippen MR) is 105 cm³/mol. The fourth-order valence-corrected chi connectivity index (χ4v) is 2.37. The Bertz CT molecular complexity index is 781. The molecular weight excluding hydrogens is 387 g/mol. The van der Waals surface area contributed by atoms with Crippen LogP contribution in [0.3, 0.4) is 0 Å². The lowest BCUT2D eigenvalue weighted by molar-refractivity contribution is -0.274. The zero-order valence-corrected chi connectivity index (χ0v) is 16.0. The molecule has 0 bridgehead atoms. The summed E-state index contributed by atoms with van der Waals surface area (Å²) in [7, 11) is 0. The van der Waals surface area contributed by atoms with Crippen LogP contribution in [0, 0.1) is 0 Å². The van der Waals surface area contributed by atoms with Gasteiger partial charge in [-0.2, -0.15) is 0 Å². The standard InChI is InChI=1S/C20H24F3N3O3/c1-2-27-10-11-28-14-16-5-3-4-15(12-16)13-25-19(24)26-17-6-8-18(9-7-17)29-20(21,22)23/h3-9,12H,2,10-11,13-14H2,1H3,(H3,24,25,26). The van der Waals surface area contributed by atoms with E-state index in [9.17, 15) is 13.2 Å². The van der Waals surface area contributed by atoms with Crippen molar-refractivity contribution in [3.63, 3.8) is 0 Å². The minimum atomic E-state index is -4.72. The van der Waals surface area contributed by atoms with Crippen molar-refractivity contribution in [2.45, 2.75) is 26.4 Å². The molecule has 2 aromatic carbocycles. The number of benzene rings is 2. The molecule has 0 aliphatic heterocycles. The third-order valence-electron chi connectivity index (χ3n) is 3.63. The molecule has 2 rings (SSSR count). The normalized spacial score (nSPS) is 12.1. The van der Waals surface area contributed by atoms with Crippen LogP contribution >= 0.6 is 0 Å². The molecule has 0 spiro atoms. The summed E-state index contributed by atoms with van der Waals surface area (Å²) in [5.41, 5.74) is 8.31. The SMILES string of the molecule is CCOCCOCc1cccc(CN=C(N)Nc2ccc(OC(F)(F)F)cc2)c1. The lowest BCUT2D eigenvalue weighted by atomic mass is 10.1. The van der Waals surface area contributed by atoms with E-state index in [-0.39, 0.29) is 11.7 Å². The quantitative estimate of drug-likeness (QED) is 0.350. The van der Waals surface area contributed by atoms with E-state index < -0.39 is 6.36 Å². The van der Waals surface area contributed by atoms with E-state index in [0.29, 0.717) is 38.7 Å². The number of halogens is 3. The van der Waals surface area contributed by atoms with Crippen LogP contribution in [0.1, 0.15) is 18.1 Å². The van der Waals surface area contributed by atoms with E-state index in [2.05, 4.69) is 15.0 Å². The maximum Gasteiger partial charge on any atom is 0.573 e. The fourth-order valence-electron chi connectivity index (χ4n) is 2.37. The Morgan fingerprint density at radius 1 is 1.03 bits per heavy atom. The van der Waals surface area contributed by atoms with E-state index in [1.165, 1.54) is 24.3 Å². The lowest BCUT2D eigenvalue weighted by Gasteiger charge is -2.10. The van der Waals surface area contributed by atoms with Gasteiger partial charge in [-0.15, -0.1) is 13.2 Å². The largest absolute Gasteiger partial charge is 0.573 e. The molecule has 0 aliphatic rings. The number of alkyl halides is 3. The van der Waals surface area contributed by atoms with Crippen molar-refractivity contribution >= 4 is 11.6 Å². The number of hydrogen-bond donors (Lipinski definition) is 2. The topological polar surface area (TPSA) is 78.1 Å². The smallest absolute Gasteiger partial charge is 0.406 e. The fraction of sp³-hybridized carbons (Fsp3) is 0.350. The van der Waals surface area contributed by atoms with Gasteiger partial charge in [0.2, 0.25) is 0 Å². The Morgan fingerprint density at radius 3 is 2.41 bits per heavy atom. The number of guanidine groups is 1. The van der Waals surface area contributed by atoms with Gasteiger partial charge in [-0.25, -0.2) is 4.99 Å². The van der Waals surface area contributed by atoms with Gasteiger partial charge in [0.05, 0.1) is 26.4 Å². The second-order valence-electron chi connectivity index (χ2n) is 5.97. The highest BCUT2D eigenvalue weighted by Gasteiger charge is 2.30. The zero-order chi connectivity index (χ0) is 21.1. The molecule has 0 fully saturated rings. The van der Waals surface area contributed by atoms with E-state index in [4.69, 9.17) is 15.2 Å². The molecule has 6 nitrogen and oxygen atoms in total. The Morgan fingerprint density at radius 2 is 1.72 bits per heavy atom. The molecule has 29 heavy (non-hydrogen) atoms. The molecule has 0 atom stereocenters. The van der Waals surface area contributed by atoms with Gasteiger partial charge >= 0.3 is 6.36 Å². The molecule has 0 amide bonds. The number of rotatable bonds is 10. The lowest BCUT2D eigenvalue weighted by Crippen LogP contribution is -2.22. The number of anilines is 1. The average molecular weight is 411 g/mol. The van der Waals surface area contributed by atoms with Crippen LogP contribution < -0.4 is 15.8 Å². The van der Waals surface area contributed by atoms with Gasteiger partial charge in [-0.3, -0.25) is 0 Å². The number of nitrogens with one attached hydrogen (secondary N) is 1. The second-order valence-corrected chi connectivity index (χ2v) is 5.97. The van der Waals surface area contributed by atoms with Gasteiger partial charge in [0.15, 0.2) is 5.96 Å². The van der Waals surface area contributed by atoms with Crippen LogP contribution in [-0.4, -0.2) is 32.1 Å². The van der Waals surface area contributed by atoms with Crippen molar-refractivity contribution in [1.29, 1.82) is 0 Å². The van der Waals surface area contributed by atoms with Crippen molar-refractivity contribution in [3.8, 4) is 5.75 Å². The van der Waals surface area contributed by atoms with Gasteiger partial charge in [-0.1, -0.05) is 24.3 Å². The maximum absolute atomic E-state index is 12.2. The van der Waals surface area contributed by atoms with E-state index >= 15 is 0 Å². The summed E-state index contributed by atoms with van der Waals surface area (Å²) in [6.45, 7) is 4.51. The molecular formula is C20H24F3N3O3. The molecule has 0 heterocycles. The molecule has 0 aliphatic carbocycles. The molecule has 9 heteroatoms. The molecule has 0 aromatic heterocycles. The summed E-state index contributed by atoms with van der Waals surface area (Å²) in [5, 5.41) is 2.82. The van der Waals surface area contributed by atoms with Crippen LogP contribution in [0.15, 0.2) is 53.5 Å². The number of hydrogen-bond acceptors (Lipinski definition) is 4. The van der Waals surface area contributed by atoms with Crippen LogP contribution in [0.2, 0.25) is 0 Å². The first kappa shape index (κ1) is 22.5. The molecule has 0 radical (unpaired) electrons. The molecule has 2 aromatic rings. The third kappa shape index (κ3) is 9.31. The Hall–Kier alpha value is -2.78. The van der Waals surface area contributed by atoms with E-state index in [1.807, 2.05) is 31.2 Å².